The Bertz CT molecular complexity index is 1360. The fraction of sp³-hybridized carbons (Fsp3) is 0.0870. The standard InChI is InChI=1S/C23H20FN5O4S/c1-15-23(31)29(17-7-3-2-4-8-17)27-21(25-15)22(30)26-19-9-5-6-10-20(19)28-34(32,33)18-13-11-16(24)12-14-18/h2-15,28H,1H3,(H,25,27)(H,26,30). The minimum Gasteiger partial charge on any atom is -0.317 e. The molecule has 1 aliphatic rings. The molecule has 3 N–H and O–H groups in total. The Morgan fingerprint density at radius 3 is 2.26 bits per heavy atom. The summed E-state index contributed by atoms with van der Waals surface area (Å²) in [5, 5.41) is 3.85. The highest BCUT2D eigenvalue weighted by atomic mass is 32.2. The van der Waals surface area contributed by atoms with Gasteiger partial charge in [0.1, 0.15) is 11.9 Å². The number of rotatable bonds is 6. The van der Waals surface area contributed by atoms with E-state index in [0.29, 0.717) is 5.69 Å². The van der Waals surface area contributed by atoms with Crippen molar-refractivity contribution in [3.63, 3.8) is 0 Å². The second-order valence-electron chi connectivity index (χ2n) is 7.33. The van der Waals surface area contributed by atoms with Crippen LogP contribution in [0.5, 0.6) is 0 Å². The summed E-state index contributed by atoms with van der Waals surface area (Å²) in [6.45, 7) is 1.57. The Labute approximate surface area is 195 Å². The zero-order valence-corrected chi connectivity index (χ0v) is 18.7. The maximum absolute atomic E-state index is 13.2. The number of benzene rings is 3. The van der Waals surface area contributed by atoms with Crippen molar-refractivity contribution in [3.05, 3.63) is 84.7 Å². The molecule has 1 unspecified atom stereocenters. The molecule has 2 amide bonds. The number of para-hydroxylation sites is 3. The van der Waals surface area contributed by atoms with Gasteiger partial charge in [0.05, 0.1) is 22.0 Å². The first-order chi connectivity index (χ1) is 16.2. The number of halogens is 1. The number of amidine groups is 1. The van der Waals surface area contributed by atoms with Crippen molar-refractivity contribution in [2.45, 2.75) is 17.9 Å². The SMILES string of the molecule is CC1N=C(C(=O)Nc2ccccc2NS(=O)(=O)c2ccc(F)cc2)NN(c2ccccc2)C1=O. The quantitative estimate of drug-likeness (QED) is 0.500. The molecule has 0 saturated carbocycles. The van der Waals surface area contributed by atoms with Crippen LogP contribution in [0.4, 0.5) is 21.5 Å². The topological polar surface area (TPSA) is 120 Å². The van der Waals surface area contributed by atoms with Gasteiger partial charge in [-0.05, 0) is 55.5 Å². The molecule has 0 aliphatic carbocycles. The fourth-order valence-corrected chi connectivity index (χ4v) is 4.26. The summed E-state index contributed by atoms with van der Waals surface area (Å²) in [4.78, 5) is 29.5. The fourth-order valence-electron chi connectivity index (χ4n) is 3.18. The van der Waals surface area contributed by atoms with Gasteiger partial charge in [0.2, 0.25) is 5.84 Å². The zero-order valence-electron chi connectivity index (χ0n) is 17.9. The number of carbonyl (C=O) groups is 2. The minimum absolute atomic E-state index is 0.0978. The first-order valence-corrected chi connectivity index (χ1v) is 11.7. The lowest BCUT2D eigenvalue weighted by Gasteiger charge is -2.30. The maximum atomic E-state index is 13.2. The molecule has 34 heavy (non-hydrogen) atoms. The van der Waals surface area contributed by atoms with E-state index in [9.17, 15) is 22.4 Å². The second-order valence-corrected chi connectivity index (χ2v) is 9.02. The summed E-state index contributed by atoms with van der Waals surface area (Å²) in [6, 6.07) is 18.4. The molecule has 3 aromatic rings. The van der Waals surface area contributed by atoms with Gasteiger partial charge >= 0.3 is 0 Å². The highest BCUT2D eigenvalue weighted by molar-refractivity contribution is 7.92. The molecule has 11 heteroatoms. The molecule has 1 atom stereocenters. The van der Waals surface area contributed by atoms with Crippen molar-refractivity contribution in [3.8, 4) is 0 Å². The lowest BCUT2D eigenvalue weighted by Crippen LogP contribution is -2.57. The van der Waals surface area contributed by atoms with E-state index < -0.39 is 27.8 Å². The van der Waals surface area contributed by atoms with Gasteiger partial charge in [0.15, 0.2) is 0 Å². The number of nitrogens with one attached hydrogen (secondary N) is 3. The normalized spacial score (nSPS) is 15.8. The molecule has 0 saturated heterocycles. The molecule has 3 aromatic carbocycles. The lowest BCUT2D eigenvalue weighted by molar-refractivity contribution is -0.120. The van der Waals surface area contributed by atoms with Crippen LogP contribution in [-0.4, -0.2) is 32.1 Å². The van der Waals surface area contributed by atoms with Gasteiger partial charge in [-0.1, -0.05) is 30.3 Å². The maximum Gasteiger partial charge on any atom is 0.292 e. The van der Waals surface area contributed by atoms with E-state index in [4.69, 9.17) is 0 Å². The van der Waals surface area contributed by atoms with E-state index in [1.165, 1.54) is 17.1 Å². The Kier molecular flexibility index (Phi) is 6.28. The molecular weight excluding hydrogens is 461 g/mol. The molecule has 0 bridgehead atoms. The third-order valence-electron chi connectivity index (χ3n) is 4.89. The van der Waals surface area contributed by atoms with E-state index in [2.05, 4.69) is 20.5 Å². The van der Waals surface area contributed by atoms with Crippen LogP contribution in [0.2, 0.25) is 0 Å². The molecule has 0 spiro atoms. The number of amides is 2. The van der Waals surface area contributed by atoms with Crippen LogP contribution in [-0.2, 0) is 19.6 Å². The summed E-state index contributed by atoms with van der Waals surface area (Å²) in [5.41, 5.74) is 3.51. The largest absolute Gasteiger partial charge is 0.317 e. The molecule has 4 rings (SSSR count). The van der Waals surface area contributed by atoms with E-state index >= 15 is 0 Å². The second kappa shape index (κ2) is 9.32. The monoisotopic (exact) mass is 481 g/mol. The molecule has 174 valence electrons. The van der Waals surface area contributed by atoms with Crippen molar-refractivity contribution in [2.24, 2.45) is 4.99 Å². The summed E-state index contributed by atoms with van der Waals surface area (Å²) >= 11 is 0. The van der Waals surface area contributed by atoms with Crippen molar-refractivity contribution in [2.75, 3.05) is 15.0 Å². The van der Waals surface area contributed by atoms with Crippen molar-refractivity contribution in [1.82, 2.24) is 5.43 Å². The number of nitrogens with zero attached hydrogens (tertiary/aromatic N) is 2. The molecule has 1 aliphatic heterocycles. The average molecular weight is 482 g/mol. The summed E-state index contributed by atoms with van der Waals surface area (Å²) in [5.74, 6) is -1.69. The third-order valence-corrected chi connectivity index (χ3v) is 6.27. The Hall–Kier alpha value is -4.25. The number of anilines is 3. The van der Waals surface area contributed by atoms with Crippen LogP contribution in [0.1, 0.15) is 6.92 Å². The van der Waals surface area contributed by atoms with Crippen LogP contribution >= 0.6 is 0 Å². The van der Waals surface area contributed by atoms with Gasteiger partial charge in [-0.2, -0.15) is 0 Å². The van der Waals surface area contributed by atoms with Crippen molar-refractivity contribution in [1.29, 1.82) is 0 Å². The van der Waals surface area contributed by atoms with Crippen molar-refractivity contribution < 1.29 is 22.4 Å². The highest BCUT2D eigenvalue weighted by Crippen LogP contribution is 2.25. The van der Waals surface area contributed by atoms with Crippen LogP contribution in [0.25, 0.3) is 0 Å². The van der Waals surface area contributed by atoms with Gasteiger partial charge in [-0.25, -0.2) is 22.8 Å². The van der Waals surface area contributed by atoms with Gasteiger partial charge in [0.25, 0.3) is 21.8 Å². The molecule has 9 nitrogen and oxygen atoms in total. The number of hydrazine groups is 1. The van der Waals surface area contributed by atoms with E-state index in [0.717, 1.165) is 24.3 Å². The van der Waals surface area contributed by atoms with Crippen molar-refractivity contribution >= 4 is 44.7 Å². The number of sulfonamides is 1. The molecule has 0 radical (unpaired) electrons. The summed E-state index contributed by atoms with van der Waals surface area (Å²) in [7, 11) is -4.04. The van der Waals surface area contributed by atoms with Gasteiger partial charge in [-0.15, -0.1) is 0 Å². The van der Waals surface area contributed by atoms with Crippen LogP contribution in [0.15, 0.2) is 88.8 Å². The van der Waals surface area contributed by atoms with Gasteiger partial charge < -0.3 is 5.32 Å². The zero-order chi connectivity index (χ0) is 24.3. The smallest absolute Gasteiger partial charge is 0.292 e. The molecule has 0 aromatic heterocycles. The van der Waals surface area contributed by atoms with E-state index in [-0.39, 0.29) is 28.0 Å². The Morgan fingerprint density at radius 2 is 1.59 bits per heavy atom. The molecular formula is C23H20FN5O4S. The highest BCUT2D eigenvalue weighted by Gasteiger charge is 2.31. The summed E-state index contributed by atoms with van der Waals surface area (Å²) in [6.07, 6.45) is 0. The summed E-state index contributed by atoms with van der Waals surface area (Å²) < 4.78 is 41.0. The first-order valence-electron chi connectivity index (χ1n) is 10.2. The number of carbonyl (C=O) groups excluding carboxylic acids is 2. The first kappa shape index (κ1) is 22.9. The molecule has 0 fully saturated rings. The third kappa shape index (κ3) is 4.89. The minimum atomic E-state index is -4.04. The predicted molar refractivity (Wildman–Crippen MR) is 126 cm³/mol. The van der Waals surface area contributed by atoms with E-state index in [1.54, 1.807) is 49.4 Å². The van der Waals surface area contributed by atoms with Crippen LogP contribution < -0.4 is 20.5 Å². The number of aliphatic imine (C=N–C) groups is 1. The lowest BCUT2D eigenvalue weighted by atomic mass is 10.2. The predicted octanol–water partition coefficient (Wildman–Crippen LogP) is 2.90. The Balaban J connectivity index is 1.55. The van der Waals surface area contributed by atoms with E-state index in [1.807, 2.05) is 0 Å². The molecule has 1 heterocycles. The van der Waals surface area contributed by atoms with Gasteiger partial charge in [-0.3, -0.25) is 19.7 Å². The van der Waals surface area contributed by atoms with Crippen LogP contribution in [0, 0.1) is 5.82 Å². The number of hydrogen-bond donors (Lipinski definition) is 3. The number of hydrogen-bond acceptors (Lipinski definition) is 6. The average Bonchev–Trinajstić information content (AvgIpc) is 2.82. The Morgan fingerprint density at radius 1 is 0.971 bits per heavy atom. The van der Waals surface area contributed by atoms with Gasteiger partial charge in [0, 0.05) is 0 Å². The van der Waals surface area contributed by atoms with Crippen LogP contribution in [0.3, 0.4) is 0 Å².